The summed E-state index contributed by atoms with van der Waals surface area (Å²) in [7, 11) is 0. The molecule has 1 fully saturated rings. The van der Waals surface area contributed by atoms with Crippen LogP contribution < -0.4 is 15.8 Å². The van der Waals surface area contributed by atoms with E-state index in [2.05, 4.69) is 17.1 Å². The fourth-order valence-electron chi connectivity index (χ4n) is 2.74. The van der Waals surface area contributed by atoms with E-state index in [1.807, 2.05) is 18.2 Å². The lowest BCUT2D eigenvalue weighted by Gasteiger charge is -2.33. The molecule has 5 nitrogen and oxygen atoms in total. The zero-order valence-electron chi connectivity index (χ0n) is 11.9. The van der Waals surface area contributed by atoms with E-state index in [-0.39, 0.29) is 6.10 Å². The molecular weight excluding hydrogens is 252 g/mol. The van der Waals surface area contributed by atoms with Gasteiger partial charge in [-0.1, -0.05) is 6.92 Å². The quantitative estimate of drug-likeness (QED) is 0.766. The van der Waals surface area contributed by atoms with Crippen molar-refractivity contribution in [2.24, 2.45) is 4.99 Å². The van der Waals surface area contributed by atoms with Gasteiger partial charge in [0.25, 0.3) is 0 Å². The Hall–Kier alpha value is -1.75. The van der Waals surface area contributed by atoms with Gasteiger partial charge in [0.2, 0.25) is 0 Å². The lowest BCUT2D eigenvalue weighted by atomic mass is 10.1. The molecule has 2 heterocycles. The second kappa shape index (κ2) is 5.71. The Kier molecular flexibility index (Phi) is 3.78. The summed E-state index contributed by atoms with van der Waals surface area (Å²) in [4.78, 5) is 7.18. The number of nitrogen functional groups attached to an aromatic ring is 1. The normalized spacial score (nSPS) is 22.6. The smallest absolute Gasteiger partial charge is 0.156 e. The average molecular weight is 274 g/mol. The van der Waals surface area contributed by atoms with E-state index in [0.717, 1.165) is 62.0 Å². The fraction of sp³-hybridized carbons (Fsp3) is 0.533. The van der Waals surface area contributed by atoms with Crippen molar-refractivity contribution in [3.8, 4) is 5.75 Å². The van der Waals surface area contributed by atoms with Gasteiger partial charge in [-0.05, 0) is 37.6 Å². The zero-order chi connectivity index (χ0) is 13.9. The second-order valence-electron chi connectivity index (χ2n) is 5.30. The molecule has 3 N–H and O–H groups in total. The SMILES string of the molecule is CCC1Oc2ccc(N)cc2N=C1N1CCCNCC1. The molecule has 1 unspecified atom stereocenters. The molecule has 1 aromatic carbocycles. The molecule has 1 atom stereocenters. The van der Waals surface area contributed by atoms with Gasteiger partial charge in [-0.3, -0.25) is 0 Å². The first-order valence-electron chi connectivity index (χ1n) is 7.38. The number of nitrogens with zero attached hydrogens (tertiary/aromatic N) is 2. The number of benzene rings is 1. The van der Waals surface area contributed by atoms with Crippen molar-refractivity contribution >= 4 is 17.2 Å². The minimum atomic E-state index is 0.0456. The highest BCUT2D eigenvalue weighted by molar-refractivity contribution is 5.92. The summed E-state index contributed by atoms with van der Waals surface area (Å²) >= 11 is 0. The summed E-state index contributed by atoms with van der Waals surface area (Å²) in [5, 5.41) is 3.42. The van der Waals surface area contributed by atoms with E-state index in [1.54, 1.807) is 0 Å². The predicted octanol–water partition coefficient (Wildman–Crippen LogP) is 1.77. The second-order valence-corrected chi connectivity index (χ2v) is 5.30. The van der Waals surface area contributed by atoms with E-state index in [0.29, 0.717) is 0 Å². The van der Waals surface area contributed by atoms with Crippen LogP contribution in [0.5, 0.6) is 5.75 Å². The zero-order valence-corrected chi connectivity index (χ0v) is 11.9. The maximum atomic E-state index is 6.09. The Morgan fingerprint density at radius 1 is 1.40 bits per heavy atom. The fourth-order valence-corrected chi connectivity index (χ4v) is 2.74. The molecule has 2 aliphatic heterocycles. The Bertz CT molecular complexity index is 507. The lowest BCUT2D eigenvalue weighted by Crippen LogP contribution is -2.44. The van der Waals surface area contributed by atoms with Crippen LogP contribution in [0.1, 0.15) is 19.8 Å². The van der Waals surface area contributed by atoms with Crippen molar-refractivity contribution in [2.75, 3.05) is 31.9 Å². The number of nitrogens with one attached hydrogen (secondary N) is 1. The van der Waals surface area contributed by atoms with Crippen molar-refractivity contribution in [2.45, 2.75) is 25.9 Å². The molecule has 1 saturated heterocycles. The standard InChI is InChI=1S/C15H22N4O/c1-2-13-15(19-8-3-6-17-7-9-19)18-12-10-11(16)4-5-14(12)20-13/h4-5,10,13,17H,2-3,6-9,16H2,1H3. The van der Waals surface area contributed by atoms with E-state index < -0.39 is 0 Å². The molecular formula is C15H22N4O. The van der Waals surface area contributed by atoms with Crippen LogP contribution in [-0.2, 0) is 0 Å². The van der Waals surface area contributed by atoms with Crippen LogP contribution >= 0.6 is 0 Å². The number of hydrogen-bond acceptors (Lipinski definition) is 5. The first kappa shape index (κ1) is 13.2. The van der Waals surface area contributed by atoms with E-state index in [4.69, 9.17) is 15.5 Å². The van der Waals surface area contributed by atoms with Gasteiger partial charge in [-0.2, -0.15) is 0 Å². The van der Waals surface area contributed by atoms with Gasteiger partial charge in [-0.15, -0.1) is 0 Å². The summed E-state index contributed by atoms with van der Waals surface area (Å²) in [6.07, 6.45) is 2.11. The number of hydrogen-bond donors (Lipinski definition) is 2. The summed E-state index contributed by atoms with van der Waals surface area (Å²) in [6, 6.07) is 5.66. The van der Waals surface area contributed by atoms with Crippen molar-refractivity contribution in [3.05, 3.63) is 18.2 Å². The van der Waals surface area contributed by atoms with Gasteiger partial charge in [0.1, 0.15) is 17.3 Å². The van der Waals surface area contributed by atoms with E-state index >= 15 is 0 Å². The molecule has 0 radical (unpaired) electrons. The number of aliphatic imine (C=N–C) groups is 1. The molecule has 0 amide bonds. The minimum Gasteiger partial charge on any atom is -0.480 e. The van der Waals surface area contributed by atoms with Gasteiger partial charge in [0, 0.05) is 25.3 Å². The van der Waals surface area contributed by atoms with E-state index in [1.165, 1.54) is 0 Å². The lowest BCUT2D eigenvalue weighted by molar-refractivity contribution is 0.234. The topological polar surface area (TPSA) is 62.9 Å². The average Bonchev–Trinajstić information content (AvgIpc) is 2.74. The molecule has 0 bridgehead atoms. The third kappa shape index (κ3) is 2.58. The molecule has 20 heavy (non-hydrogen) atoms. The van der Waals surface area contributed by atoms with Crippen molar-refractivity contribution < 1.29 is 4.74 Å². The molecule has 1 aromatic rings. The van der Waals surface area contributed by atoms with Crippen LogP contribution in [-0.4, -0.2) is 43.0 Å². The van der Waals surface area contributed by atoms with Gasteiger partial charge in [0.15, 0.2) is 6.10 Å². The summed E-state index contributed by atoms with van der Waals surface area (Å²) in [6.45, 7) is 6.22. The summed E-state index contributed by atoms with van der Waals surface area (Å²) in [5.74, 6) is 1.89. The molecule has 0 saturated carbocycles. The maximum absolute atomic E-state index is 6.09. The molecule has 5 heteroatoms. The van der Waals surface area contributed by atoms with Gasteiger partial charge >= 0.3 is 0 Å². The highest BCUT2D eigenvalue weighted by atomic mass is 16.5. The highest BCUT2D eigenvalue weighted by Gasteiger charge is 2.27. The molecule has 0 spiro atoms. The van der Waals surface area contributed by atoms with Gasteiger partial charge in [-0.25, -0.2) is 4.99 Å². The molecule has 0 aliphatic carbocycles. The largest absolute Gasteiger partial charge is 0.480 e. The first-order chi connectivity index (χ1) is 9.78. The number of fused-ring (bicyclic) bond motifs is 1. The van der Waals surface area contributed by atoms with Gasteiger partial charge in [0.05, 0.1) is 0 Å². The van der Waals surface area contributed by atoms with Crippen molar-refractivity contribution in [1.29, 1.82) is 0 Å². The third-order valence-corrected chi connectivity index (χ3v) is 3.81. The molecule has 108 valence electrons. The molecule has 3 rings (SSSR count). The number of nitrogens with two attached hydrogens (primary N) is 1. The summed E-state index contributed by atoms with van der Waals surface area (Å²) in [5.41, 5.74) is 7.42. The van der Waals surface area contributed by atoms with Crippen LogP contribution in [0.3, 0.4) is 0 Å². The first-order valence-corrected chi connectivity index (χ1v) is 7.38. The number of anilines is 1. The number of ether oxygens (including phenoxy) is 1. The third-order valence-electron chi connectivity index (χ3n) is 3.81. The van der Waals surface area contributed by atoms with Crippen molar-refractivity contribution in [3.63, 3.8) is 0 Å². The number of rotatable bonds is 1. The molecule has 2 aliphatic rings. The predicted molar refractivity (Wildman–Crippen MR) is 81.7 cm³/mol. The summed E-state index contributed by atoms with van der Waals surface area (Å²) < 4.78 is 6.09. The van der Waals surface area contributed by atoms with Crippen LogP contribution in [0.4, 0.5) is 11.4 Å². The van der Waals surface area contributed by atoms with Crippen LogP contribution in [0.2, 0.25) is 0 Å². The van der Waals surface area contributed by atoms with Crippen LogP contribution in [0.25, 0.3) is 0 Å². The number of amidine groups is 1. The minimum absolute atomic E-state index is 0.0456. The Balaban J connectivity index is 1.93. The van der Waals surface area contributed by atoms with Crippen molar-refractivity contribution in [1.82, 2.24) is 10.2 Å². The van der Waals surface area contributed by atoms with E-state index in [9.17, 15) is 0 Å². The Morgan fingerprint density at radius 2 is 2.30 bits per heavy atom. The highest BCUT2D eigenvalue weighted by Crippen LogP contribution is 2.35. The van der Waals surface area contributed by atoms with Crippen LogP contribution in [0, 0.1) is 0 Å². The Labute approximate surface area is 119 Å². The molecule has 0 aromatic heterocycles. The Morgan fingerprint density at radius 3 is 3.15 bits per heavy atom. The van der Waals surface area contributed by atoms with Gasteiger partial charge < -0.3 is 20.7 Å². The maximum Gasteiger partial charge on any atom is 0.156 e. The monoisotopic (exact) mass is 274 g/mol. The van der Waals surface area contributed by atoms with Crippen LogP contribution in [0.15, 0.2) is 23.2 Å².